The normalized spacial score (nSPS) is 19.1. The van der Waals surface area contributed by atoms with Crippen molar-refractivity contribution in [1.82, 2.24) is 4.98 Å². The molecule has 0 N–H and O–H groups in total. The van der Waals surface area contributed by atoms with E-state index < -0.39 is 0 Å². The predicted molar refractivity (Wildman–Crippen MR) is 65.7 cm³/mol. The SMILES string of the molecule is CCCC1OCc2c(CBr)cnc(C)c2O1. The number of alkyl halides is 1. The zero-order chi connectivity index (χ0) is 11.5. The van der Waals surface area contributed by atoms with Gasteiger partial charge in [-0.05, 0) is 12.5 Å². The zero-order valence-corrected chi connectivity index (χ0v) is 11.2. The Morgan fingerprint density at radius 3 is 3.06 bits per heavy atom. The van der Waals surface area contributed by atoms with Crippen molar-refractivity contribution in [1.29, 1.82) is 0 Å². The maximum absolute atomic E-state index is 5.84. The van der Waals surface area contributed by atoms with Crippen molar-refractivity contribution in [2.24, 2.45) is 0 Å². The van der Waals surface area contributed by atoms with E-state index in [9.17, 15) is 0 Å². The van der Waals surface area contributed by atoms with Crippen LogP contribution in [-0.4, -0.2) is 11.3 Å². The molecule has 1 aliphatic rings. The summed E-state index contributed by atoms with van der Waals surface area (Å²) in [6.45, 7) is 4.73. The molecule has 0 radical (unpaired) electrons. The minimum Gasteiger partial charge on any atom is -0.463 e. The van der Waals surface area contributed by atoms with Crippen LogP contribution in [0.5, 0.6) is 5.75 Å². The number of rotatable bonds is 3. The van der Waals surface area contributed by atoms with Crippen molar-refractivity contribution >= 4 is 15.9 Å². The summed E-state index contributed by atoms with van der Waals surface area (Å²) in [5.74, 6) is 0.918. The Labute approximate surface area is 104 Å². The minimum absolute atomic E-state index is 0.108. The van der Waals surface area contributed by atoms with E-state index in [4.69, 9.17) is 9.47 Å². The Bertz CT molecular complexity index is 382. The first kappa shape index (κ1) is 11.9. The average molecular weight is 286 g/mol. The van der Waals surface area contributed by atoms with Gasteiger partial charge in [0.05, 0.1) is 12.3 Å². The quantitative estimate of drug-likeness (QED) is 0.799. The van der Waals surface area contributed by atoms with Gasteiger partial charge in [0.25, 0.3) is 0 Å². The lowest BCUT2D eigenvalue weighted by Crippen LogP contribution is -2.26. The molecule has 1 atom stereocenters. The summed E-state index contributed by atoms with van der Waals surface area (Å²) in [7, 11) is 0. The first-order chi connectivity index (χ1) is 7.76. The van der Waals surface area contributed by atoms with Crippen LogP contribution in [0.1, 0.15) is 36.6 Å². The van der Waals surface area contributed by atoms with Crippen LogP contribution in [0, 0.1) is 6.92 Å². The standard InChI is InChI=1S/C12H16BrNO2/c1-3-4-11-15-7-10-9(5-13)6-14-8(2)12(10)16-11/h6,11H,3-5,7H2,1-2H3. The highest BCUT2D eigenvalue weighted by molar-refractivity contribution is 9.08. The first-order valence-electron chi connectivity index (χ1n) is 5.57. The maximum atomic E-state index is 5.84. The summed E-state index contributed by atoms with van der Waals surface area (Å²) in [6, 6.07) is 0. The van der Waals surface area contributed by atoms with Gasteiger partial charge >= 0.3 is 0 Å². The molecule has 0 bridgehead atoms. The van der Waals surface area contributed by atoms with E-state index in [0.29, 0.717) is 6.61 Å². The number of hydrogen-bond donors (Lipinski definition) is 0. The smallest absolute Gasteiger partial charge is 0.200 e. The summed E-state index contributed by atoms with van der Waals surface area (Å²) >= 11 is 3.46. The lowest BCUT2D eigenvalue weighted by atomic mass is 10.1. The van der Waals surface area contributed by atoms with Gasteiger partial charge < -0.3 is 9.47 Å². The second-order valence-corrected chi connectivity index (χ2v) is 4.52. The molecule has 3 nitrogen and oxygen atoms in total. The third kappa shape index (κ3) is 2.23. The highest BCUT2D eigenvalue weighted by atomic mass is 79.9. The molecule has 0 aliphatic carbocycles. The Balaban J connectivity index is 2.30. The van der Waals surface area contributed by atoms with E-state index in [-0.39, 0.29) is 6.29 Å². The van der Waals surface area contributed by atoms with Gasteiger partial charge in [0.1, 0.15) is 5.75 Å². The number of pyridine rings is 1. The highest BCUT2D eigenvalue weighted by Crippen LogP contribution is 2.33. The number of hydrogen-bond acceptors (Lipinski definition) is 3. The van der Waals surface area contributed by atoms with Crippen molar-refractivity contribution in [3.8, 4) is 5.75 Å². The first-order valence-corrected chi connectivity index (χ1v) is 6.70. The Morgan fingerprint density at radius 1 is 1.56 bits per heavy atom. The van der Waals surface area contributed by atoms with Gasteiger partial charge in [-0.3, -0.25) is 4.98 Å². The Morgan fingerprint density at radius 2 is 2.38 bits per heavy atom. The Kier molecular flexibility index (Phi) is 3.82. The summed E-state index contributed by atoms with van der Waals surface area (Å²) in [6.07, 6.45) is 3.77. The van der Waals surface area contributed by atoms with E-state index in [1.807, 2.05) is 13.1 Å². The maximum Gasteiger partial charge on any atom is 0.200 e. The van der Waals surface area contributed by atoms with Crippen molar-refractivity contribution < 1.29 is 9.47 Å². The molecule has 1 aromatic heterocycles. The molecule has 0 aromatic carbocycles. The van der Waals surface area contributed by atoms with Gasteiger partial charge in [0, 0.05) is 23.5 Å². The lowest BCUT2D eigenvalue weighted by molar-refractivity contribution is -0.112. The third-order valence-electron chi connectivity index (χ3n) is 2.74. The molecule has 1 unspecified atom stereocenters. The van der Waals surface area contributed by atoms with Gasteiger partial charge in [0.2, 0.25) is 0 Å². The topological polar surface area (TPSA) is 31.4 Å². The largest absolute Gasteiger partial charge is 0.463 e. The molecular weight excluding hydrogens is 270 g/mol. The molecular formula is C12H16BrNO2. The summed E-state index contributed by atoms with van der Waals surface area (Å²) in [4.78, 5) is 4.35. The minimum atomic E-state index is -0.108. The fourth-order valence-corrected chi connectivity index (χ4v) is 2.31. The zero-order valence-electron chi connectivity index (χ0n) is 9.62. The molecule has 0 spiro atoms. The van der Waals surface area contributed by atoms with Crippen LogP contribution in [0.3, 0.4) is 0 Å². The molecule has 2 rings (SSSR count). The van der Waals surface area contributed by atoms with Crippen LogP contribution in [0.2, 0.25) is 0 Å². The highest BCUT2D eigenvalue weighted by Gasteiger charge is 2.23. The fraction of sp³-hybridized carbons (Fsp3) is 0.583. The van der Waals surface area contributed by atoms with Crippen LogP contribution in [0.15, 0.2) is 6.20 Å². The monoisotopic (exact) mass is 285 g/mol. The van der Waals surface area contributed by atoms with E-state index in [1.165, 1.54) is 0 Å². The molecule has 0 amide bonds. The van der Waals surface area contributed by atoms with Crippen LogP contribution >= 0.6 is 15.9 Å². The predicted octanol–water partition coefficient (Wildman–Crippen LogP) is 3.32. The molecule has 0 saturated carbocycles. The number of fused-ring (bicyclic) bond motifs is 1. The number of halogens is 1. The molecule has 1 aromatic rings. The number of ether oxygens (including phenoxy) is 2. The van der Waals surface area contributed by atoms with Gasteiger partial charge in [-0.1, -0.05) is 29.3 Å². The van der Waals surface area contributed by atoms with Crippen molar-refractivity contribution in [2.75, 3.05) is 0 Å². The molecule has 4 heteroatoms. The number of nitrogens with zero attached hydrogens (tertiary/aromatic N) is 1. The summed E-state index contributed by atoms with van der Waals surface area (Å²) < 4.78 is 11.5. The molecule has 1 aliphatic heterocycles. The molecule has 16 heavy (non-hydrogen) atoms. The molecule has 2 heterocycles. The van der Waals surface area contributed by atoms with Crippen molar-refractivity contribution in [2.45, 2.75) is 44.9 Å². The lowest BCUT2D eigenvalue weighted by Gasteiger charge is -2.28. The summed E-state index contributed by atoms with van der Waals surface area (Å²) in [5.41, 5.74) is 3.23. The van der Waals surface area contributed by atoms with Gasteiger partial charge in [0.15, 0.2) is 6.29 Å². The van der Waals surface area contributed by atoms with Crippen LogP contribution in [0.25, 0.3) is 0 Å². The molecule has 0 saturated heterocycles. The van der Waals surface area contributed by atoms with Gasteiger partial charge in [-0.2, -0.15) is 0 Å². The second-order valence-electron chi connectivity index (χ2n) is 3.96. The van der Waals surface area contributed by atoms with E-state index in [2.05, 4.69) is 27.8 Å². The number of aryl methyl sites for hydroxylation is 1. The van der Waals surface area contributed by atoms with Gasteiger partial charge in [-0.25, -0.2) is 0 Å². The van der Waals surface area contributed by atoms with Crippen LogP contribution in [0.4, 0.5) is 0 Å². The van der Waals surface area contributed by atoms with E-state index >= 15 is 0 Å². The summed E-state index contributed by atoms with van der Waals surface area (Å²) in [5, 5.41) is 0.785. The van der Waals surface area contributed by atoms with Crippen LogP contribution in [-0.2, 0) is 16.7 Å². The number of aromatic nitrogens is 1. The van der Waals surface area contributed by atoms with E-state index in [0.717, 1.165) is 40.7 Å². The third-order valence-corrected chi connectivity index (χ3v) is 3.34. The fourth-order valence-electron chi connectivity index (χ4n) is 1.82. The Hall–Kier alpha value is -0.610. The average Bonchev–Trinajstić information content (AvgIpc) is 2.31. The molecule has 0 fully saturated rings. The van der Waals surface area contributed by atoms with Crippen LogP contribution < -0.4 is 4.74 Å². The second kappa shape index (κ2) is 5.15. The van der Waals surface area contributed by atoms with Gasteiger partial charge in [-0.15, -0.1) is 0 Å². The van der Waals surface area contributed by atoms with Crippen molar-refractivity contribution in [3.63, 3.8) is 0 Å². The van der Waals surface area contributed by atoms with E-state index in [1.54, 1.807) is 0 Å². The van der Waals surface area contributed by atoms with Crippen molar-refractivity contribution in [3.05, 3.63) is 23.0 Å². The molecule has 88 valence electrons.